The van der Waals surface area contributed by atoms with Crippen LogP contribution in [0.25, 0.3) is 0 Å². The summed E-state index contributed by atoms with van der Waals surface area (Å²) in [5.41, 5.74) is 3.77. The molecule has 0 amide bonds. The summed E-state index contributed by atoms with van der Waals surface area (Å²) in [4.78, 5) is 0. The molecule has 0 saturated carbocycles. The van der Waals surface area contributed by atoms with Gasteiger partial charge in [-0.25, -0.2) is 0 Å². The maximum atomic E-state index is 3.90. The molecule has 2 rings (SSSR count). The summed E-state index contributed by atoms with van der Waals surface area (Å²) in [6, 6.07) is 0. The summed E-state index contributed by atoms with van der Waals surface area (Å²) in [7, 11) is 0. The monoisotopic (exact) mass is 247 g/mol. The standard InChI is InChI=1S/C11H14.C4H9N.C2H6/c1-9(2)11-6-4-5-10(3)7-8-11;1-4-2-5-3-4;1-2/h4,6-8H,1,5H2,2-3H3;4-5H,2-3H2,1H3;1-2H3. The first-order valence-electron chi connectivity index (χ1n) is 7.00. The normalized spacial score (nSPS) is 17.8. The van der Waals surface area contributed by atoms with Gasteiger partial charge in [-0.05, 0) is 44.8 Å². The van der Waals surface area contributed by atoms with E-state index in [-0.39, 0.29) is 0 Å². The largest absolute Gasteiger partial charge is 0.316 e. The van der Waals surface area contributed by atoms with Crippen LogP contribution in [0.4, 0.5) is 0 Å². The Labute approximate surface area is 113 Å². The molecular formula is C17H29N. The van der Waals surface area contributed by atoms with Gasteiger partial charge in [-0.2, -0.15) is 0 Å². The molecule has 18 heavy (non-hydrogen) atoms. The second kappa shape index (κ2) is 9.90. The van der Waals surface area contributed by atoms with Crippen LogP contribution in [0.3, 0.4) is 0 Å². The van der Waals surface area contributed by atoms with Crippen LogP contribution in [-0.2, 0) is 0 Å². The predicted molar refractivity (Wildman–Crippen MR) is 83.8 cm³/mol. The highest BCUT2D eigenvalue weighted by molar-refractivity contribution is 5.41. The molecule has 0 aromatic carbocycles. The maximum absolute atomic E-state index is 3.90. The van der Waals surface area contributed by atoms with Crippen molar-refractivity contribution in [2.45, 2.75) is 41.0 Å². The van der Waals surface area contributed by atoms with Crippen LogP contribution in [0.15, 0.2) is 47.6 Å². The summed E-state index contributed by atoms with van der Waals surface area (Å²) in [6.07, 6.45) is 9.66. The highest BCUT2D eigenvalue weighted by atomic mass is 14.9. The summed E-state index contributed by atoms with van der Waals surface area (Å²) in [6.45, 7) is 16.8. The molecule has 0 aromatic rings. The third-order valence-corrected chi connectivity index (χ3v) is 2.76. The molecule has 102 valence electrons. The van der Waals surface area contributed by atoms with Crippen molar-refractivity contribution in [2.24, 2.45) is 5.92 Å². The molecule has 1 aliphatic carbocycles. The van der Waals surface area contributed by atoms with Gasteiger partial charge >= 0.3 is 0 Å². The van der Waals surface area contributed by atoms with Crippen molar-refractivity contribution >= 4 is 0 Å². The van der Waals surface area contributed by atoms with Crippen LogP contribution < -0.4 is 5.32 Å². The Morgan fingerprint density at radius 1 is 1.28 bits per heavy atom. The lowest BCUT2D eigenvalue weighted by Gasteiger charge is -2.21. The summed E-state index contributed by atoms with van der Waals surface area (Å²) >= 11 is 0. The van der Waals surface area contributed by atoms with Crippen molar-refractivity contribution in [3.63, 3.8) is 0 Å². The Kier molecular flexibility index (Phi) is 9.31. The van der Waals surface area contributed by atoms with Crippen molar-refractivity contribution in [1.29, 1.82) is 0 Å². The highest BCUT2D eigenvalue weighted by Gasteiger charge is 2.07. The van der Waals surface area contributed by atoms with Crippen molar-refractivity contribution in [3.8, 4) is 0 Å². The van der Waals surface area contributed by atoms with Gasteiger partial charge in [-0.3, -0.25) is 0 Å². The molecule has 0 atom stereocenters. The maximum Gasteiger partial charge on any atom is -0.00109 e. The summed E-state index contributed by atoms with van der Waals surface area (Å²) < 4.78 is 0. The van der Waals surface area contributed by atoms with Crippen LogP contribution in [-0.4, -0.2) is 13.1 Å². The fourth-order valence-corrected chi connectivity index (χ4v) is 1.44. The average Bonchev–Trinajstić information content (AvgIpc) is 2.55. The molecule has 0 unspecified atom stereocenters. The first-order chi connectivity index (χ1) is 8.59. The van der Waals surface area contributed by atoms with E-state index in [4.69, 9.17) is 0 Å². The van der Waals surface area contributed by atoms with E-state index in [0.29, 0.717) is 0 Å². The molecule has 1 saturated heterocycles. The van der Waals surface area contributed by atoms with E-state index in [1.54, 1.807) is 0 Å². The zero-order valence-corrected chi connectivity index (χ0v) is 12.7. The van der Waals surface area contributed by atoms with E-state index in [1.165, 1.54) is 24.2 Å². The van der Waals surface area contributed by atoms with Crippen LogP contribution in [0.2, 0.25) is 0 Å². The number of hydrogen-bond acceptors (Lipinski definition) is 1. The topological polar surface area (TPSA) is 12.0 Å². The fraction of sp³-hybridized carbons (Fsp3) is 0.529. The minimum Gasteiger partial charge on any atom is -0.316 e. The molecule has 1 heterocycles. The van der Waals surface area contributed by atoms with Crippen LogP contribution >= 0.6 is 0 Å². The molecule has 0 radical (unpaired) electrons. The smallest absolute Gasteiger partial charge is 0.00109 e. The Morgan fingerprint density at radius 3 is 2.22 bits per heavy atom. The second-order valence-electron chi connectivity index (χ2n) is 4.79. The first kappa shape index (κ1) is 16.9. The van der Waals surface area contributed by atoms with Gasteiger partial charge in [0.25, 0.3) is 0 Å². The lowest BCUT2D eigenvalue weighted by Crippen LogP contribution is -2.39. The molecule has 1 aliphatic heterocycles. The zero-order valence-electron chi connectivity index (χ0n) is 12.7. The predicted octanol–water partition coefficient (Wildman–Crippen LogP) is 4.65. The van der Waals surface area contributed by atoms with Gasteiger partial charge < -0.3 is 5.32 Å². The lowest BCUT2D eigenvalue weighted by atomic mass is 10.1. The molecule has 1 heteroatoms. The van der Waals surface area contributed by atoms with Crippen molar-refractivity contribution in [3.05, 3.63) is 47.6 Å². The van der Waals surface area contributed by atoms with E-state index in [2.05, 4.69) is 50.0 Å². The zero-order chi connectivity index (χ0) is 14.0. The van der Waals surface area contributed by atoms with Gasteiger partial charge in [0, 0.05) is 0 Å². The van der Waals surface area contributed by atoms with E-state index in [9.17, 15) is 0 Å². The van der Waals surface area contributed by atoms with Crippen molar-refractivity contribution in [2.75, 3.05) is 13.1 Å². The van der Waals surface area contributed by atoms with Gasteiger partial charge in [-0.1, -0.05) is 62.8 Å². The van der Waals surface area contributed by atoms with E-state index < -0.39 is 0 Å². The molecule has 1 fully saturated rings. The average molecular weight is 247 g/mol. The third kappa shape index (κ3) is 7.29. The minimum absolute atomic E-state index is 0.954. The molecular weight excluding hydrogens is 218 g/mol. The number of nitrogens with one attached hydrogen (secondary N) is 1. The van der Waals surface area contributed by atoms with Crippen molar-refractivity contribution in [1.82, 2.24) is 5.32 Å². The second-order valence-corrected chi connectivity index (χ2v) is 4.79. The van der Waals surface area contributed by atoms with Crippen LogP contribution in [0, 0.1) is 5.92 Å². The quantitative estimate of drug-likeness (QED) is 0.711. The number of hydrogen-bond donors (Lipinski definition) is 1. The molecule has 2 aliphatic rings. The first-order valence-corrected chi connectivity index (χ1v) is 7.00. The van der Waals surface area contributed by atoms with E-state index >= 15 is 0 Å². The molecule has 0 spiro atoms. The summed E-state index contributed by atoms with van der Waals surface area (Å²) in [5, 5.41) is 3.16. The van der Waals surface area contributed by atoms with E-state index in [1.807, 2.05) is 20.8 Å². The van der Waals surface area contributed by atoms with Crippen LogP contribution in [0.5, 0.6) is 0 Å². The lowest BCUT2D eigenvalue weighted by molar-refractivity contribution is 0.379. The Bertz CT molecular complexity index is 328. The Hall–Kier alpha value is -1.08. The minimum atomic E-state index is 0.954. The third-order valence-electron chi connectivity index (χ3n) is 2.76. The van der Waals surface area contributed by atoms with Gasteiger partial charge in [0.2, 0.25) is 0 Å². The highest BCUT2D eigenvalue weighted by Crippen LogP contribution is 2.15. The van der Waals surface area contributed by atoms with Gasteiger partial charge in [0.05, 0.1) is 0 Å². The fourth-order valence-electron chi connectivity index (χ4n) is 1.44. The summed E-state index contributed by atoms with van der Waals surface area (Å²) in [5.74, 6) is 0.954. The molecule has 1 N–H and O–H groups in total. The Balaban J connectivity index is 0.000000343. The molecule has 0 aromatic heterocycles. The Morgan fingerprint density at radius 2 is 1.83 bits per heavy atom. The van der Waals surface area contributed by atoms with Gasteiger partial charge in [0.1, 0.15) is 0 Å². The molecule has 1 nitrogen and oxygen atoms in total. The molecule has 0 bridgehead atoms. The van der Waals surface area contributed by atoms with Gasteiger partial charge in [-0.15, -0.1) is 0 Å². The van der Waals surface area contributed by atoms with E-state index in [0.717, 1.165) is 17.9 Å². The van der Waals surface area contributed by atoms with Gasteiger partial charge in [0.15, 0.2) is 0 Å². The number of allylic oxidation sites excluding steroid dienone is 7. The van der Waals surface area contributed by atoms with Crippen LogP contribution in [0.1, 0.15) is 41.0 Å². The SMILES string of the molecule is C=C(C)C1=CC=C(C)CC=C1.CC.CC1CNC1. The van der Waals surface area contributed by atoms with Crippen molar-refractivity contribution < 1.29 is 0 Å². The number of rotatable bonds is 1.